The average molecular weight is 491 g/mol. The lowest BCUT2D eigenvalue weighted by molar-refractivity contribution is 0.0984. The minimum Gasteiger partial charge on any atom is -0.375 e. The number of H-pyrrole nitrogens is 1. The zero-order chi connectivity index (χ0) is 22.5. The fraction of sp³-hybridized carbons (Fsp3) is 0.125. The number of hydrogen-bond donors (Lipinski definition) is 2. The van der Waals surface area contributed by atoms with Crippen LogP contribution in [0.3, 0.4) is 0 Å². The molecule has 1 aliphatic rings. The van der Waals surface area contributed by atoms with Gasteiger partial charge in [0.05, 0.1) is 16.6 Å². The van der Waals surface area contributed by atoms with Crippen molar-refractivity contribution in [2.45, 2.75) is 12.5 Å². The fourth-order valence-electron chi connectivity index (χ4n) is 4.29. The first-order chi connectivity index (χ1) is 15.4. The second kappa shape index (κ2) is 7.49. The number of fused-ring (bicyclic) bond motifs is 2. The third-order valence-corrected chi connectivity index (χ3v) is 6.31. The van der Waals surface area contributed by atoms with Crippen molar-refractivity contribution in [2.75, 3.05) is 11.9 Å². The molecule has 0 radical (unpaired) electrons. The molecular formula is C24H19BrN4O3. The van der Waals surface area contributed by atoms with E-state index in [1.807, 2.05) is 78.6 Å². The fourth-order valence-corrected chi connectivity index (χ4v) is 4.68. The van der Waals surface area contributed by atoms with Crippen molar-refractivity contribution in [2.24, 2.45) is 0 Å². The lowest BCUT2D eigenvalue weighted by Crippen LogP contribution is -2.42. The number of hydrogen-bond acceptors (Lipinski definition) is 4. The van der Waals surface area contributed by atoms with Crippen molar-refractivity contribution in [3.63, 3.8) is 0 Å². The van der Waals surface area contributed by atoms with Crippen molar-refractivity contribution < 1.29 is 14.3 Å². The number of rotatable bonds is 3. The Morgan fingerprint density at radius 1 is 1.12 bits per heavy atom. The van der Waals surface area contributed by atoms with E-state index in [2.05, 4.69) is 31.2 Å². The van der Waals surface area contributed by atoms with Gasteiger partial charge in [-0.3, -0.25) is 9.69 Å². The molecule has 2 amide bonds. The van der Waals surface area contributed by atoms with Gasteiger partial charge >= 0.3 is 12.1 Å². The third-order valence-electron chi connectivity index (χ3n) is 5.81. The Hall–Kier alpha value is -3.65. The number of imidazole rings is 1. The van der Waals surface area contributed by atoms with Crippen LogP contribution in [0.5, 0.6) is 6.01 Å². The van der Waals surface area contributed by atoms with E-state index in [9.17, 15) is 9.59 Å². The maximum absolute atomic E-state index is 13.5. The summed E-state index contributed by atoms with van der Waals surface area (Å²) in [5.74, 6) is -0.0606. The summed E-state index contributed by atoms with van der Waals surface area (Å²) in [6.45, 7) is 2.04. The van der Waals surface area contributed by atoms with Gasteiger partial charge in [-0.1, -0.05) is 46.3 Å². The Morgan fingerprint density at radius 2 is 1.94 bits per heavy atom. The summed E-state index contributed by atoms with van der Waals surface area (Å²) in [4.78, 5) is 34.3. The number of anilines is 1. The lowest BCUT2D eigenvalue weighted by Gasteiger charge is -2.37. The summed E-state index contributed by atoms with van der Waals surface area (Å²) in [7, 11) is 1.48. The maximum atomic E-state index is 13.5. The molecule has 4 aromatic rings. The Labute approximate surface area is 192 Å². The number of halogens is 1. The molecule has 2 N–H and O–H groups in total. The number of nitrogens with zero attached hydrogens (tertiary/aromatic N) is 2. The maximum Gasteiger partial charge on any atom is 0.414 e. The summed E-state index contributed by atoms with van der Waals surface area (Å²) in [6, 6.07) is 21.2. The second-order valence-corrected chi connectivity index (χ2v) is 8.57. The van der Waals surface area contributed by atoms with E-state index < -0.39 is 11.6 Å². The van der Waals surface area contributed by atoms with Crippen molar-refractivity contribution in [3.8, 4) is 6.01 Å². The standard InChI is InChI=1S/C24H19BrN4O3/c1-24(14-10-11-19-20(12-14)28-22(27-19)32-23(31)26-2)18-9-4-3-8-17(18)21(30)29(24)16-7-5-6-15(25)13-16/h3-13H,1-2H3,(H,26,31)(H,27,28). The highest BCUT2D eigenvalue weighted by molar-refractivity contribution is 9.10. The number of carbonyl (C=O) groups is 2. The molecule has 160 valence electrons. The van der Waals surface area contributed by atoms with Crippen LogP contribution in [0.2, 0.25) is 0 Å². The first kappa shape index (κ1) is 20.3. The smallest absolute Gasteiger partial charge is 0.375 e. The molecule has 0 aliphatic carbocycles. The molecule has 1 aliphatic heterocycles. The Balaban J connectivity index is 1.68. The van der Waals surface area contributed by atoms with Crippen molar-refractivity contribution in [1.29, 1.82) is 0 Å². The summed E-state index contributed by atoms with van der Waals surface area (Å²) < 4.78 is 6.02. The van der Waals surface area contributed by atoms with E-state index in [1.165, 1.54) is 7.05 Å². The van der Waals surface area contributed by atoms with Gasteiger partial charge in [0.15, 0.2) is 0 Å². The van der Waals surface area contributed by atoms with Crippen LogP contribution in [0, 0.1) is 0 Å². The van der Waals surface area contributed by atoms with Crippen molar-refractivity contribution >= 4 is 44.7 Å². The number of carbonyl (C=O) groups excluding carboxylic acids is 2. The molecule has 3 aromatic carbocycles. The van der Waals surface area contributed by atoms with Crippen molar-refractivity contribution in [1.82, 2.24) is 15.3 Å². The minimum atomic E-state index is -0.754. The average Bonchev–Trinajstić information content (AvgIpc) is 3.29. The van der Waals surface area contributed by atoms with Crippen LogP contribution in [0.15, 0.2) is 71.2 Å². The zero-order valence-corrected chi connectivity index (χ0v) is 18.9. The van der Waals surface area contributed by atoms with E-state index >= 15 is 0 Å². The monoisotopic (exact) mass is 490 g/mol. The molecule has 5 rings (SSSR count). The van der Waals surface area contributed by atoms with E-state index in [4.69, 9.17) is 4.74 Å². The molecule has 2 heterocycles. The summed E-state index contributed by atoms with van der Waals surface area (Å²) in [5, 5.41) is 2.40. The van der Waals surface area contributed by atoms with E-state index in [0.717, 1.165) is 21.3 Å². The molecule has 0 spiro atoms. The number of aromatic amines is 1. The largest absolute Gasteiger partial charge is 0.414 e. The van der Waals surface area contributed by atoms with E-state index in [1.54, 1.807) is 0 Å². The minimum absolute atomic E-state index is 0.0606. The van der Waals surface area contributed by atoms with Gasteiger partial charge in [-0.2, -0.15) is 4.98 Å². The summed E-state index contributed by atoms with van der Waals surface area (Å²) >= 11 is 3.52. The number of amides is 2. The zero-order valence-electron chi connectivity index (χ0n) is 17.3. The van der Waals surface area contributed by atoms with Crippen LogP contribution >= 0.6 is 15.9 Å². The van der Waals surface area contributed by atoms with Crippen LogP contribution in [0.4, 0.5) is 10.5 Å². The van der Waals surface area contributed by atoms with E-state index in [-0.39, 0.29) is 11.9 Å². The number of ether oxygens (including phenoxy) is 1. The molecule has 0 saturated heterocycles. The first-order valence-electron chi connectivity index (χ1n) is 10.0. The van der Waals surface area contributed by atoms with Crippen LogP contribution in [-0.4, -0.2) is 29.0 Å². The van der Waals surface area contributed by atoms with Crippen LogP contribution in [0.1, 0.15) is 28.4 Å². The highest BCUT2D eigenvalue weighted by Crippen LogP contribution is 2.47. The topological polar surface area (TPSA) is 87.3 Å². The second-order valence-electron chi connectivity index (χ2n) is 7.65. The normalized spacial score (nSPS) is 17.5. The predicted molar refractivity (Wildman–Crippen MR) is 125 cm³/mol. The summed E-state index contributed by atoms with van der Waals surface area (Å²) in [6.07, 6.45) is -0.604. The molecule has 1 unspecified atom stereocenters. The van der Waals surface area contributed by atoms with Gasteiger partial charge in [-0.25, -0.2) is 4.79 Å². The SMILES string of the molecule is CNC(=O)Oc1nc2ccc(C3(C)c4ccccc4C(=O)N3c3cccc(Br)c3)cc2[nH]1. The van der Waals surface area contributed by atoms with Gasteiger partial charge in [0.2, 0.25) is 0 Å². The van der Waals surface area contributed by atoms with Gasteiger partial charge < -0.3 is 15.0 Å². The first-order valence-corrected chi connectivity index (χ1v) is 10.8. The van der Waals surface area contributed by atoms with Crippen LogP contribution in [0.25, 0.3) is 11.0 Å². The molecule has 1 aromatic heterocycles. The predicted octanol–water partition coefficient (Wildman–Crippen LogP) is 4.97. The van der Waals surface area contributed by atoms with Gasteiger partial charge in [0, 0.05) is 22.8 Å². The molecular weight excluding hydrogens is 472 g/mol. The van der Waals surface area contributed by atoms with Gasteiger partial charge in [-0.05, 0) is 54.4 Å². The molecule has 32 heavy (non-hydrogen) atoms. The van der Waals surface area contributed by atoms with Gasteiger partial charge in [0.1, 0.15) is 0 Å². The molecule has 1 atom stereocenters. The number of aromatic nitrogens is 2. The lowest BCUT2D eigenvalue weighted by atomic mass is 9.84. The van der Waals surface area contributed by atoms with Gasteiger partial charge in [0.25, 0.3) is 5.91 Å². The Morgan fingerprint density at radius 3 is 2.72 bits per heavy atom. The third kappa shape index (κ3) is 3.06. The molecule has 0 saturated carbocycles. The number of nitrogens with one attached hydrogen (secondary N) is 2. The molecule has 8 heteroatoms. The number of benzene rings is 3. The quantitative estimate of drug-likeness (QED) is 0.424. The van der Waals surface area contributed by atoms with E-state index in [0.29, 0.717) is 16.6 Å². The highest BCUT2D eigenvalue weighted by atomic mass is 79.9. The van der Waals surface area contributed by atoms with Crippen LogP contribution < -0.4 is 15.0 Å². The molecule has 7 nitrogen and oxygen atoms in total. The highest BCUT2D eigenvalue weighted by Gasteiger charge is 2.48. The Bertz CT molecular complexity index is 1380. The summed E-state index contributed by atoms with van der Waals surface area (Å²) in [5.41, 5.74) is 3.88. The molecule has 0 fully saturated rings. The van der Waals surface area contributed by atoms with Gasteiger partial charge in [-0.15, -0.1) is 0 Å². The van der Waals surface area contributed by atoms with Crippen LogP contribution in [-0.2, 0) is 5.54 Å². The Kier molecular flexibility index (Phi) is 4.74. The molecule has 0 bridgehead atoms. The van der Waals surface area contributed by atoms with Crippen molar-refractivity contribution in [3.05, 3.63) is 87.9 Å².